The van der Waals surface area contributed by atoms with Crippen molar-refractivity contribution < 1.29 is 14.3 Å². The Morgan fingerprint density at radius 2 is 1.84 bits per heavy atom. The van der Waals surface area contributed by atoms with Gasteiger partial charge in [-0.05, 0) is 31.5 Å². The van der Waals surface area contributed by atoms with Crippen LogP contribution in [-0.2, 0) is 16.0 Å². The van der Waals surface area contributed by atoms with E-state index in [9.17, 15) is 4.79 Å². The Hall–Kier alpha value is -1.39. The molecule has 0 saturated carbocycles. The van der Waals surface area contributed by atoms with Crippen LogP contribution in [0.25, 0.3) is 0 Å². The number of benzene rings is 1. The van der Waals surface area contributed by atoms with E-state index >= 15 is 0 Å². The second kappa shape index (κ2) is 6.17. The normalized spacial score (nSPS) is 24.2. The minimum Gasteiger partial charge on any atom is -0.465 e. The number of nitrogens with zero attached hydrogens (tertiary/aromatic N) is 1. The second-order valence-electron chi connectivity index (χ2n) is 5.14. The average Bonchev–Trinajstić information content (AvgIpc) is 2.37. The molecular formula is C15H21NO3. The van der Waals surface area contributed by atoms with Crippen molar-refractivity contribution in [2.24, 2.45) is 0 Å². The van der Waals surface area contributed by atoms with Gasteiger partial charge in [0.25, 0.3) is 0 Å². The Labute approximate surface area is 114 Å². The highest BCUT2D eigenvalue weighted by molar-refractivity contribution is 5.89. The van der Waals surface area contributed by atoms with Crippen LogP contribution in [0.2, 0.25) is 0 Å². The zero-order valence-corrected chi connectivity index (χ0v) is 11.8. The quantitative estimate of drug-likeness (QED) is 0.783. The first-order chi connectivity index (χ1) is 9.08. The summed E-state index contributed by atoms with van der Waals surface area (Å²) >= 11 is 0. The summed E-state index contributed by atoms with van der Waals surface area (Å²) in [7, 11) is 1.40. The lowest BCUT2D eigenvalue weighted by molar-refractivity contribution is -0.0704. The van der Waals surface area contributed by atoms with Gasteiger partial charge in [-0.3, -0.25) is 4.90 Å². The molecule has 1 aromatic rings. The summed E-state index contributed by atoms with van der Waals surface area (Å²) in [6, 6.07) is 7.59. The summed E-state index contributed by atoms with van der Waals surface area (Å²) in [5, 5.41) is 0. The molecule has 1 aromatic carbocycles. The number of ether oxygens (including phenoxy) is 2. The number of hydrogen-bond acceptors (Lipinski definition) is 4. The fourth-order valence-corrected chi connectivity index (χ4v) is 2.54. The van der Waals surface area contributed by atoms with Crippen LogP contribution in [0, 0.1) is 0 Å². The summed E-state index contributed by atoms with van der Waals surface area (Å²) in [5.41, 5.74) is 1.80. The Morgan fingerprint density at radius 3 is 2.37 bits per heavy atom. The second-order valence-corrected chi connectivity index (χ2v) is 5.14. The van der Waals surface area contributed by atoms with Gasteiger partial charge in [-0.1, -0.05) is 12.1 Å². The van der Waals surface area contributed by atoms with E-state index in [0.717, 1.165) is 19.6 Å². The third-order valence-corrected chi connectivity index (χ3v) is 3.28. The summed E-state index contributed by atoms with van der Waals surface area (Å²) in [6.45, 7) is 6.98. The molecule has 0 amide bonds. The molecule has 2 rings (SSSR count). The number of methoxy groups -OCH3 is 1. The first-order valence-corrected chi connectivity index (χ1v) is 6.63. The molecular weight excluding hydrogens is 242 g/mol. The monoisotopic (exact) mass is 263 g/mol. The van der Waals surface area contributed by atoms with Crippen molar-refractivity contribution in [2.45, 2.75) is 32.6 Å². The van der Waals surface area contributed by atoms with Gasteiger partial charge in [-0.2, -0.15) is 0 Å². The SMILES string of the molecule is COC(=O)c1ccc(CN2C[C@H](C)O[C@@H](C)C2)cc1. The van der Waals surface area contributed by atoms with Gasteiger partial charge < -0.3 is 9.47 Å². The van der Waals surface area contributed by atoms with E-state index in [1.165, 1.54) is 12.7 Å². The standard InChI is InChI=1S/C15H21NO3/c1-11-8-16(9-12(2)19-11)10-13-4-6-14(7-5-13)15(17)18-3/h4-7,11-12H,8-10H2,1-3H3/t11-,12-/m0/s1. The van der Waals surface area contributed by atoms with E-state index in [1.54, 1.807) is 0 Å². The van der Waals surface area contributed by atoms with Crippen molar-refractivity contribution in [3.63, 3.8) is 0 Å². The Bertz CT molecular complexity index is 420. The van der Waals surface area contributed by atoms with Crippen molar-refractivity contribution in [1.82, 2.24) is 4.90 Å². The summed E-state index contributed by atoms with van der Waals surface area (Å²) in [4.78, 5) is 13.7. The van der Waals surface area contributed by atoms with Crippen molar-refractivity contribution >= 4 is 5.97 Å². The molecule has 1 aliphatic heterocycles. The van der Waals surface area contributed by atoms with Crippen LogP contribution in [0.4, 0.5) is 0 Å². The van der Waals surface area contributed by atoms with Crippen LogP contribution < -0.4 is 0 Å². The first-order valence-electron chi connectivity index (χ1n) is 6.63. The van der Waals surface area contributed by atoms with E-state index in [1.807, 2.05) is 24.3 Å². The molecule has 1 aliphatic rings. The van der Waals surface area contributed by atoms with E-state index in [-0.39, 0.29) is 18.2 Å². The number of morpholine rings is 1. The minimum absolute atomic E-state index is 0.276. The molecule has 19 heavy (non-hydrogen) atoms. The Balaban J connectivity index is 1.97. The van der Waals surface area contributed by atoms with Crippen LogP contribution >= 0.6 is 0 Å². The first kappa shape index (κ1) is 14.0. The highest BCUT2D eigenvalue weighted by Crippen LogP contribution is 2.15. The fourth-order valence-electron chi connectivity index (χ4n) is 2.54. The molecule has 4 nitrogen and oxygen atoms in total. The van der Waals surface area contributed by atoms with Crippen LogP contribution in [0.3, 0.4) is 0 Å². The highest BCUT2D eigenvalue weighted by atomic mass is 16.5. The van der Waals surface area contributed by atoms with Gasteiger partial charge in [0, 0.05) is 19.6 Å². The minimum atomic E-state index is -0.292. The topological polar surface area (TPSA) is 38.8 Å². The fraction of sp³-hybridized carbons (Fsp3) is 0.533. The summed E-state index contributed by atoms with van der Waals surface area (Å²) in [6.07, 6.45) is 0.552. The van der Waals surface area contributed by atoms with E-state index in [4.69, 9.17) is 4.74 Å². The maximum absolute atomic E-state index is 11.4. The Morgan fingerprint density at radius 1 is 1.26 bits per heavy atom. The number of carbonyl (C=O) groups excluding carboxylic acids is 1. The third kappa shape index (κ3) is 3.78. The van der Waals surface area contributed by atoms with Crippen LogP contribution in [0.5, 0.6) is 0 Å². The molecule has 0 radical (unpaired) electrons. The predicted octanol–water partition coefficient (Wildman–Crippen LogP) is 2.08. The van der Waals surface area contributed by atoms with Crippen LogP contribution in [0.15, 0.2) is 24.3 Å². The lowest BCUT2D eigenvalue weighted by Gasteiger charge is -2.35. The maximum atomic E-state index is 11.4. The molecule has 1 saturated heterocycles. The zero-order chi connectivity index (χ0) is 13.8. The molecule has 1 fully saturated rings. The summed E-state index contributed by atoms with van der Waals surface area (Å²) < 4.78 is 10.4. The third-order valence-electron chi connectivity index (χ3n) is 3.28. The molecule has 104 valence electrons. The smallest absolute Gasteiger partial charge is 0.337 e. The van der Waals surface area contributed by atoms with Crippen molar-refractivity contribution in [1.29, 1.82) is 0 Å². The van der Waals surface area contributed by atoms with Gasteiger partial charge in [-0.25, -0.2) is 4.79 Å². The molecule has 0 aliphatic carbocycles. The molecule has 0 bridgehead atoms. The number of esters is 1. The molecule has 4 heteroatoms. The lowest BCUT2D eigenvalue weighted by atomic mass is 10.1. The van der Waals surface area contributed by atoms with Gasteiger partial charge in [0.05, 0.1) is 24.9 Å². The largest absolute Gasteiger partial charge is 0.465 e. The van der Waals surface area contributed by atoms with E-state index in [2.05, 4.69) is 23.5 Å². The number of rotatable bonds is 3. The average molecular weight is 263 g/mol. The van der Waals surface area contributed by atoms with E-state index < -0.39 is 0 Å². The van der Waals surface area contributed by atoms with Crippen molar-refractivity contribution in [2.75, 3.05) is 20.2 Å². The van der Waals surface area contributed by atoms with Gasteiger partial charge in [0.2, 0.25) is 0 Å². The van der Waals surface area contributed by atoms with Crippen molar-refractivity contribution in [3.05, 3.63) is 35.4 Å². The molecule has 0 N–H and O–H groups in total. The van der Waals surface area contributed by atoms with Crippen LogP contribution in [0.1, 0.15) is 29.8 Å². The van der Waals surface area contributed by atoms with Crippen molar-refractivity contribution in [3.8, 4) is 0 Å². The zero-order valence-electron chi connectivity index (χ0n) is 11.8. The van der Waals surface area contributed by atoms with Gasteiger partial charge in [0.1, 0.15) is 0 Å². The molecule has 1 heterocycles. The molecule has 2 atom stereocenters. The lowest BCUT2D eigenvalue weighted by Crippen LogP contribution is -2.44. The van der Waals surface area contributed by atoms with Crippen LogP contribution in [-0.4, -0.2) is 43.3 Å². The number of hydrogen-bond donors (Lipinski definition) is 0. The summed E-state index contributed by atoms with van der Waals surface area (Å²) in [5.74, 6) is -0.292. The molecule has 0 unspecified atom stereocenters. The number of carbonyl (C=O) groups is 1. The highest BCUT2D eigenvalue weighted by Gasteiger charge is 2.21. The maximum Gasteiger partial charge on any atom is 0.337 e. The Kier molecular flexibility index (Phi) is 4.56. The van der Waals surface area contributed by atoms with Gasteiger partial charge in [-0.15, -0.1) is 0 Å². The molecule has 0 aromatic heterocycles. The van der Waals surface area contributed by atoms with Gasteiger partial charge in [0.15, 0.2) is 0 Å². The predicted molar refractivity (Wildman–Crippen MR) is 73.1 cm³/mol. The van der Waals surface area contributed by atoms with E-state index in [0.29, 0.717) is 5.56 Å². The van der Waals surface area contributed by atoms with Gasteiger partial charge >= 0.3 is 5.97 Å². The molecule has 0 spiro atoms.